The summed E-state index contributed by atoms with van der Waals surface area (Å²) in [5.41, 5.74) is 0.830. The molecule has 0 spiro atoms. The summed E-state index contributed by atoms with van der Waals surface area (Å²) < 4.78 is 29.4. The lowest BCUT2D eigenvalue weighted by Gasteiger charge is -2.13. The molecule has 8 heteroatoms. The molecule has 0 saturated heterocycles. The molecule has 0 saturated carbocycles. The van der Waals surface area contributed by atoms with Crippen LogP contribution < -0.4 is 10.6 Å². The van der Waals surface area contributed by atoms with Crippen LogP contribution >= 0.6 is 15.9 Å². The van der Waals surface area contributed by atoms with Crippen molar-refractivity contribution in [2.24, 2.45) is 0 Å². The Labute approximate surface area is 174 Å². The zero-order chi connectivity index (χ0) is 21.0. The highest BCUT2D eigenvalue weighted by molar-refractivity contribution is 9.10. The molecule has 29 heavy (non-hydrogen) atoms. The minimum atomic E-state index is -0.704. The van der Waals surface area contributed by atoms with Crippen molar-refractivity contribution in [3.05, 3.63) is 64.6 Å². The molecule has 1 aromatic heterocycles. The number of nitrogens with one attached hydrogen (secondary N) is 2. The molecular weight excluding hydrogens is 444 g/mol. The van der Waals surface area contributed by atoms with Gasteiger partial charge in [-0.25, -0.2) is 13.8 Å². The summed E-state index contributed by atoms with van der Waals surface area (Å²) in [6, 6.07) is 11.5. The normalized spacial score (nSPS) is 10.6. The van der Waals surface area contributed by atoms with E-state index < -0.39 is 11.6 Å². The van der Waals surface area contributed by atoms with E-state index >= 15 is 0 Å². The molecule has 0 atom stereocenters. The Morgan fingerprint density at radius 1 is 1.10 bits per heavy atom. The lowest BCUT2D eigenvalue weighted by Crippen LogP contribution is -2.26. The Morgan fingerprint density at radius 3 is 2.52 bits per heavy atom. The fraction of sp³-hybridized carbons (Fsp3) is 0.143. The van der Waals surface area contributed by atoms with E-state index in [2.05, 4.69) is 31.5 Å². The van der Waals surface area contributed by atoms with Crippen LogP contribution in [0.25, 0.3) is 22.4 Å². The number of amides is 1. The standard InChI is InChI=1S/C21H18BrF2N3O2/c1-12(28)25-7-8-26-20-10-13(21-16(23)3-2-4-17(21)24)9-18(27-20)15-11-14(22)5-6-19(15)29/h2-6,9-11,29H,7-8H2,1H3,(H,25,28)(H,26,27). The predicted molar refractivity (Wildman–Crippen MR) is 112 cm³/mol. The van der Waals surface area contributed by atoms with E-state index in [1.54, 1.807) is 12.1 Å². The number of carbonyl (C=O) groups excluding carboxylic acids is 1. The molecule has 1 heterocycles. The van der Waals surface area contributed by atoms with Gasteiger partial charge >= 0.3 is 0 Å². The molecule has 0 radical (unpaired) electrons. The van der Waals surface area contributed by atoms with Gasteiger partial charge in [0.05, 0.1) is 11.3 Å². The van der Waals surface area contributed by atoms with Gasteiger partial charge in [-0.15, -0.1) is 0 Å². The average molecular weight is 462 g/mol. The van der Waals surface area contributed by atoms with Crippen molar-refractivity contribution < 1.29 is 18.7 Å². The molecule has 1 amide bonds. The summed E-state index contributed by atoms with van der Waals surface area (Å²) in [5, 5.41) is 15.9. The lowest BCUT2D eigenvalue weighted by atomic mass is 10.0. The Balaban J connectivity index is 2.07. The molecule has 0 aliphatic rings. The first-order chi connectivity index (χ1) is 13.8. The van der Waals surface area contributed by atoms with Crippen molar-refractivity contribution in [2.45, 2.75) is 6.92 Å². The third-order valence-electron chi connectivity index (χ3n) is 4.12. The second-order valence-corrected chi connectivity index (χ2v) is 7.21. The van der Waals surface area contributed by atoms with Gasteiger partial charge in [0, 0.05) is 30.0 Å². The SMILES string of the molecule is CC(=O)NCCNc1cc(-c2c(F)cccc2F)cc(-c2cc(Br)ccc2O)n1. The van der Waals surface area contributed by atoms with Crippen molar-refractivity contribution in [1.29, 1.82) is 0 Å². The van der Waals surface area contributed by atoms with Gasteiger partial charge in [-0.2, -0.15) is 0 Å². The molecule has 0 bridgehead atoms. The van der Waals surface area contributed by atoms with Crippen LogP contribution in [-0.2, 0) is 4.79 Å². The van der Waals surface area contributed by atoms with Gasteiger partial charge in [-0.05, 0) is 48.0 Å². The monoisotopic (exact) mass is 461 g/mol. The van der Waals surface area contributed by atoms with Crippen molar-refractivity contribution in [3.8, 4) is 28.1 Å². The first-order valence-corrected chi connectivity index (χ1v) is 9.58. The van der Waals surface area contributed by atoms with Crippen LogP contribution in [0.2, 0.25) is 0 Å². The zero-order valence-electron chi connectivity index (χ0n) is 15.5. The van der Waals surface area contributed by atoms with Crippen molar-refractivity contribution >= 4 is 27.7 Å². The number of pyridine rings is 1. The second kappa shape index (κ2) is 9.00. The van der Waals surface area contributed by atoms with E-state index in [-0.39, 0.29) is 22.8 Å². The molecule has 3 aromatic rings. The third kappa shape index (κ3) is 5.08. The minimum absolute atomic E-state index is 0.0175. The number of phenols is 1. The highest BCUT2D eigenvalue weighted by Gasteiger charge is 2.16. The lowest BCUT2D eigenvalue weighted by molar-refractivity contribution is -0.118. The molecule has 3 rings (SSSR count). The number of hydrogen-bond acceptors (Lipinski definition) is 4. The molecule has 0 aliphatic heterocycles. The Hall–Kier alpha value is -3.00. The third-order valence-corrected chi connectivity index (χ3v) is 4.61. The number of benzene rings is 2. The van der Waals surface area contributed by atoms with E-state index in [1.807, 2.05) is 0 Å². The van der Waals surface area contributed by atoms with Crippen molar-refractivity contribution in [2.75, 3.05) is 18.4 Å². The van der Waals surface area contributed by atoms with Gasteiger partial charge in [-0.3, -0.25) is 4.79 Å². The fourth-order valence-electron chi connectivity index (χ4n) is 2.82. The van der Waals surface area contributed by atoms with Crippen LogP contribution in [0.15, 0.2) is 53.0 Å². The van der Waals surface area contributed by atoms with E-state index in [0.29, 0.717) is 30.2 Å². The van der Waals surface area contributed by atoms with Crippen molar-refractivity contribution in [3.63, 3.8) is 0 Å². The number of hydrogen-bond donors (Lipinski definition) is 3. The zero-order valence-corrected chi connectivity index (χ0v) is 17.1. The van der Waals surface area contributed by atoms with Gasteiger partial charge in [0.15, 0.2) is 0 Å². The number of aromatic hydroxyl groups is 1. The fourth-order valence-corrected chi connectivity index (χ4v) is 3.18. The Kier molecular flexibility index (Phi) is 6.43. The van der Waals surface area contributed by atoms with E-state index in [0.717, 1.165) is 4.47 Å². The molecule has 3 N–H and O–H groups in total. The summed E-state index contributed by atoms with van der Waals surface area (Å²) in [5.74, 6) is -1.24. The molecule has 0 aliphatic carbocycles. The van der Waals surface area contributed by atoms with Crippen LogP contribution in [0.1, 0.15) is 6.92 Å². The first kappa shape index (κ1) is 20.7. The molecule has 2 aromatic carbocycles. The number of carbonyl (C=O) groups is 1. The highest BCUT2D eigenvalue weighted by atomic mass is 79.9. The van der Waals surface area contributed by atoms with Crippen LogP contribution in [0.4, 0.5) is 14.6 Å². The largest absolute Gasteiger partial charge is 0.507 e. The molecule has 5 nitrogen and oxygen atoms in total. The van der Waals surface area contributed by atoms with Crippen LogP contribution in [-0.4, -0.2) is 29.1 Å². The Morgan fingerprint density at radius 2 is 1.83 bits per heavy atom. The van der Waals surface area contributed by atoms with E-state index in [9.17, 15) is 18.7 Å². The molecular formula is C21H18BrF2N3O2. The maximum atomic E-state index is 14.4. The number of phenolic OH excluding ortho intramolecular Hbond substituents is 1. The highest BCUT2D eigenvalue weighted by Crippen LogP contribution is 2.35. The summed E-state index contributed by atoms with van der Waals surface area (Å²) in [6.07, 6.45) is 0. The summed E-state index contributed by atoms with van der Waals surface area (Å²) in [4.78, 5) is 15.5. The number of anilines is 1. The number of nitrogens with zero attached hydrogens (tertiary/aromatic N) is 1. The maximum absolute atomic E-state index is 14.4. The topological polar surface area (TPSA) is 74.2 Å². The number of rotatable bonds is 6. The smallest absolute Gasteiger partial charge is 0.216 e. The van der Waals surface area contributed by atoms with Crippen LogP contribution in [0, 0.1) is 11.6 Å². The number of aromatic nitrogens is 1. The summed E-state index contributed by atoms with van der Waals surface area (Å²) >= 11 is 3.35. The average Bonchev–Trinajstić information content (AvgIpc) is 2.67. The maximum Gasteiger partial charge on any atom is 0.216 e. The first-order valence-electron chi connectivity index (χ1n) is 8.79. The van der Waals surface area contributed by atoms with Gasteiger partial charge in [0.2, 0.25) is 5.91 Å². The van der Waals surface area contributed by atoms with Gasteiger partial charge < -0.3 is 15.7 Å². The van der Waals surface area contributed by atoms with E-state index in [1.165, 1.54) is 43.3 Å². The summed E-state index contributed by atoms with van der Waals surface area (Å²) in [6.45, 7) is 2.13. The van der Waals surface area contributed by atoms with Gasteiger partial charge in [-0.1, -0.05) is 22.0 Å². The summed E-state index contributed by atoms with van der Waals surface area (Å²) in [7, 11) is 0. The van der Waals surface area contributed by atoms with Gasteiger partial charge in [0.1, 0.15) is 23.2 Å². The quantitative estimate of drug-likeness (QED) is 0.464. The molecule has 150 valence electrons. The van der Waals surface area contributed by atoms with E-state index in [4.69, 9.17) is 0 Å². The second-order valence-electron chi connectivity index (χ2n) is 6.29. The molecule has 0 unspecified atom stereocenters. The predicted octanol–water partition coefficient (Wildman–Crippen LogP) is 4.71. The Bertz CT molecular complexity index is 1040. The number of halogens is 3. The van der Waals surface area contributed by atoms with Gasteiger partial charge in [0.25, 0.3) is 0 Å². The molecule has 0 fully saturated rings. The van der Waals surface area contributed by atoms with Crippen molar-refractivity contribution in [1.82, 2.24) is 10.3 Å². The van der Waals surface area contributed by atoms with Crippen LogP contribution in [0.3, 0.4) is 0 Å². The van der Waals surface area contributed by atoms with Crippen LogP contribution in [0.5, 0.6) is 5.75 Å². The minimum Gasteiger partial charge on any atom is -0.507 e.